The van der Waals surface area contributed by atoms with Gasteiger partial charge in [0, 0.05) is 13.1 Å². The van der Waals surface area contributed by atoms with Gasteiger partial charge in [-0.25, -0.2) is 0 Å². The van der Waals surface area contributed by atoms with E-state index in [2.05, 4.69) is 15.6 Å². The third-order valence-corrected chi connectivity index (χ3v) is 6.12. The van der Waals surface area contributed by atoms with Crippen LogP contribution >= 0.6 is 0 Å². The van der Waals surface area contributed by atoms with Gasteiger partial charge in [-0.15, -0.1) is 0 Å². The third-order valence-electron chi connectivity index (χ3n) is 6.12. The second kappa shape index (κ2) is 13.0. The molecule has 188 valence electrons. The topological polar surface area (TPSA) is 182 Å². The number of benzene rings is 1. The quantitative estimate of drug-likeness (QED) is 0.0721. The second-order valence-corrected chi connectivity index (χ2v) is 8.43. The van der Waals surface area contributed by atoms with E-state index >= 15 is 0 Å². The minimum atomic E-state index is -1.77. The molecule has 12 heteroatoms. The lowest BCUT2D eigenvalue weighted by molar-refractivity contribution is -0.143. The van der Waals surface area contributed by atoms with Crippen molar-refractivity contribution < 1.29 is 29.1 Å². The average molecular weight is 477 g/mol. The molecule has 0 aliphatic heterocycles. The Morgan fingerprint density at radius 2 is 1.82 bits per heavy atom. The molecule has 8 N–H and O–H groups in total. The Kier molecular flexibility index (Phi) is 10.5. The number of nitrogens with two attached hydrogens (primary N) is 2. The summed E-state index contributed by atoms with van der Waals surface area (Å²) in [6.45, 7) is 0.636. The molecule has 0 bridgehead atoms. The van der Waals surface area contributed by atoms with Crippen molar-refractivity contribution >= 4 is 24.9 Å². The van der Waals surface area contributed by atoms with Crippen LogP contribution < -0.4 is 31.6 Å². The summed E-state index contributed by atoms with van der Waals surface area (Å²) >= 11 is 0. The summed E-state index contributed by atoms with van der Waals surface area (Å²) in [6, 6.07) is 5.54. The maximum Gasteiger partial charge on any atom is 0.475 e. The van der Waals surface area contributed by atoms with E-state index in [1.807, 2.05) is 12.1 Å². The van der Waals surface area contributed by atoms with Crippen molar-refractivity contribution in [3.8, 4) is 11.5 Å². The molecule has 1 aromatic carbocycles. The Bertz CT molecular complexity index is 856. The van der Waals surface area contributed by atoms with Crippen LogP contribution in [0.15, 0.2) is 23.2 Å². The number of methoxy groups -OCH3 is 2. The van der Waals surface area contributed by atoms with Crippen molar-refractivity contribution in [1.29, 1.82) is 0 Å². The Morgan fingerprint density at radius 3 is 2.41 bits per heavy atom. The largest absolute Gasteiger partial charge is 0.493 e. The van der Waals surface area contributed by atoms with Crippen molar-refractivity contribution in [3.63, 3.8) is 0 Å². The number of nitrogens with one attached hydrogen (secondary N) is 2. The fourth-order valence-electron chi connectivity index (χ4n) is 4.18. The molecule has 1 aliphatic carbocycles. The molecule has 0 heterocycles. The van der Waals surface area contributed by atoms with E-state index in [4.69, 9.17) is 20.9 Å². The first-order valence-electron chi connectivity index (χ1n) is 11.4. The van der Waals surface area contributed by atoms with Crippen LogP contribution in [0.25, 0.3) is 0 Å². The van der Waals surface area contributed by atoms with Crippen LogP contribution in [0.3, 0.4) is 0 Å². The van der Waals surface area contributed by atoms with Crippen LogP contribution in [-0.2, 0) is 16.0 Å². The van der Waals surface area contributed by atoms with Crippen LogP contribution in [0, 0.1) is 5.41 Å². The molecule has 11 nitrogen and oxygen atoms in total. The molecule has 1 fully saturated rings. The molecule has 0 unspecified atom stereocenters. The molecule has 0 saturated heterocycles. The van der Waals surface area contributed by atoms with Gasteiger partial charge in [0.05, 0.1) is 20.2 Å². The van der Waals surface area contributed by atoms with Crippen molar-refractivity contribution in [1.82, 2.24) is 10.6 Å². The van der Waals surface area contributed by atoms with Crippen LogP contribution in [0.1, 0.15) is 44.1 Å². The molecule has 2 amide bonds. The fraction of sp³-hybridized carbons (Fsp3) is 0.591. The van der Waals surface area contributed by atoms with Gasteiger partial charge in [0.2, 0.25) is 11.8 Å². The van der Waals surface area contributed by atoms with Crippen LogP contribution in [0.4, 0.5) is 0 Å². The average Bonchev–Trinajstić information content (AvgIpc) is 3.31. The van der Waals surface area contributed by atoms with E-state index in [1.165, 1.54) is 0 Å². The van der Waals surface area contributed by atoms with Crippen molar-refractivity contribution in [2.45, 2.75) is 50.9 Å². The van der Waals surface area contributed by atoms with Gasteiger partial charge >= 0.3 is 7.12 Å². The number of rotatable bonds is 13. The van der Waals surface area contributed by atoms with Gasteiger partial charge < -0.3 is 41.6 Å². The highest BCUT2D eigenvalue weighted by Crippen LogP contribution is 2.39. The number of guanidine groups is 1. The predicted octanol–water partition coefficient (Wildman–Crippen LogP) is -0.527. The number of hydrogen-bond donors (Lipinski definition) is 6. The zero-order valence-corrected chi connectivity index (χ0v) is 19.9. The first-order chi connectivity index (χ1) is 16.2. The number of carbonyl (C=O) groups excluding carboxylic acids is 2. The lowest BCUT2D eigenvalue weighted by Gasteiger charge is -2.29. The van der Waals surface area contributed by atoms with Crippen LogP contribution in [0.5, 0.6) is 11.5 Å². The monoisotopic (exact) mass is 477 g/mol. The number of nitrogens with zero attached hydrogens (tertiary/aromatic N) is 1. The third kappa shape index (κ3) is 7.26. The van der Waals surface area contributed by atoms with E-state index in [9.17, 15) is 19.6 Å². The first kappa shape index (κ1) is 27.3. The summed E-state index contributed by atoms with van der Waals surface area (Å²) in [5.74, 6) is -0.607. The van der Waals surface area contributed by atoms with Crippen molar-refractivity contribution in [3.05, 3.63) is 23.8 Å². The fourth-order valence-corrected chi connectivity index (χ4v) is 4.18. The Hall–Kier alpha value is -2.99. The number of amides is 2. The highest BCUT2D eigenvalue weighted by Gasteiger charge is 2.48. The first-order valence-corrected chi connectivity index (χ1v) is 11.4. The maximum absolute atomic E-state index is 13.2. The molecular formula is C22H36BN5O6. The van der Waals surface area contributed by atoms with E-state index in [-0.39, 0.29) is 18.3 Å². The molecule has 1 saturated carbocycles. The summed E-state index contributed by atoms with van der Waals surface area (Å²) in [4.78, 5) is 30.1. The number of carbonyl (C=O) groups is 2. The van der Waals surface area contributed by atoms with Crippen molar-refractivity contribution in [2.75, 3.05) is 27.3 Å². The van der Waals surface area contributed by atoms with Gasteiger partial charge in [0.25, 0.3) is 0 Å². The second-order valence-electron chi connectivity index (χ2n) is 8.43. The Morgan fingerprint density at radius 1 is 1.15 bits per heavy atom. The van der Waals surface area contributed by atoms with E-state index in [0.717, 1.165) is 18.4 Å². The Labute approximate surface area is 200 Å². The van der Waals surface area contributed by atoms with E-state index < -0.39 is 24.4 Å². The maximum atomic E-state index is 13.2. The standard InChI is InChI=1S/C22H36BN5O6/c1-33-16-8-7-15(14-17(16)34-2)9-13-26-19(29)22(10-3-4-11-22)20(30)28-18(23(31)32)6-5-12-27-21(24)25/h7-8,14,18,31-32H,3-6,9-13H2,1-2H3,(H,26,29)(H,28,30)(H4,24,25,27)/t18-/m0/s1. The van der Waals surface area contributed by atoms with E-state index in [0.29, 0.717) is 50.3 Å². The summed E-state index contributed by atoms with van der Waals surface area (Å²) < 4.78 is 10.5. The highest BCUT2D eigenvalue weighted by molar-refractivity contribution is 6.43. The van der Waals surface area contributed by atoms with Crippen LogP contribution in [-0.4, -0.2) is 68.2 Å². The lowest BCUT2D eigenvalue weighted by atomic mass is 9.75. The molecular weight excluding hydrogens is 441 g/mol. The molecule has 2 rings (SSSR count). The molecule has 0 radical (unpaired) electrons. The van der Waals surface area contributed by atoms with Gasteiger partial charge in [-0.2, -0.15) is 0 Å². The summed E-state index contributed by atoms with van der Waals surface area (Å²) in [7, 11) is 1.35. The normalized spacial score (nSPS) is 15.2. The number of ether oxygens (including phenoxy) is 2. The predicted molar refractivity (Wildman–Crippen MR) is 129 cm³/mol. The molecule has 0 aromatic heterocycles. The van der Waals surface area contributed by atoms with Crippen molar-refractivity contribution in [2.24, 2.45) is 21.9 Å². The summed E-state index contributed by atoms with van der Waals surface area (Å²) in [5.41, 5.74) is 10.3. The van der Waals surface area contributed by atoms with Gasteiger partial charge in [-0.1, -0.05) is 18.9 Å². The molecule has 1 aromatic rings. The summed E-state index contributed by atoms with van der Waals surface area (Å²) in [5, 5.41) is 25.0. The van der Waals surface area contributed by atoms with Crippen LogP contribution in [0.2, 0.25) is 0 Å². The zero-order chi connectivity index (χ0) is 25.1. The number of hydrogen-bond acceptors (Lipinski definition) is 7. The number of aliphatic imine (C=N–C) groups is 1. The molecule has 34 heavy (non-hydrogen) atoms. The highest BCUT2D eigenvalue weighted by atomic mass is 16.5. The van der Waals surface area contributed by atoms with Gasteiger partial charge in [0.1, 0.15) is 5.41 Å². The van der Waals surface area contributed by atoms with Gasteiger partial charge in [-0.05, 0) is 49.8 Å². The SMILES string of the molecule is COc1ccc(CCNC(=O)C2(C(=O)N[C@@H](CCCN=C(N)N)B(O)O)CCCC2)cc1OC. The molecule has 1 aliphatic rings. The van der Waals surface area contributed by atoms with E-state index in [1.54, 1.807) is 20.3 Å². The Balaban J connectivity index is 1.98. The smallest absolute Gasteiger partial charge is 0.475 e. The lowest BCUT2D eigenvalue weighted by Crippen LogP contribution is -2.56. The summed E-state index contributed by atoms with van der Waals surface area (Å²) in [6.07, 6.45) is 3.53. The minimum absolute atomic E-state index is 0.0557. The minimum Gasteiger partial charge on any atom is -0.493 e. The molecule has 0 spiro atoms. The molecule has 1 atom stereocenters. The van der Waals surface area contributed by atoms with Gasteiger partial charge in [-0.3, -0.25) is 14.6 Å². The van der Waals surface area contributed by atoms with Gasteiger partial charge in [0.15, 0.2) is 17.5 Å². The zero-order valence-electron chi connectivity index (χ0n) is 19.9.